The lowest BCUT2D eigenvalue weighted by Gasteiger charge is -2.30. The topological polar surface area (TPSA) is 71.5 Å². The van der Waals surface area contributed by atoms with E-state index in [9.17, 15) is 18.0 Å². The third kappa shape index (κ3) is 2.44. The SMILES string of the molecule is CN1C(=O)C(C(=O)c2ccc(Cl)cc2)c2ccccc2S1(=O)=O. The summed E-state index contributed by atoms with van der Waals surface area (Å²) in [6.07, 6.45) is 0. The molecule has 0 bridgehead atoms. The van der Waals surface area contributed by atoms with E-state index in [0.29, 0.717) is 14.9 Å². The van der Waals surface area contributed by atoms with Crippen LogP contribution in [0.5, 0.6) is 0 Å². The first kappa shape index (κ1) is 15.7. The quantitative estimate of drug-likeness (QED) is 0.616. The minimum atomic E-state index is -3.91. The van der Waals surface area contributed by atoms with E-state index in [0.717, 1.165) is 7.05 Å². The number of sulfonamides is 1. The van der Waals surface area contributed by atoms with Crippen LogP contribution in [0.15, 0.2) is 53.4 Å². The van der Waals surface area contributed by atoms with E-state index in [-0.39, 0.29) is 10.5 Å². The number of carbonyl (C=O) groups excluding carboxylic acids is 2. The standard InChI is InChI=1S/C16H12ClNO4S/c1-18-16(20)14(15(19)10-6-8-11(17)9-7-10)12-4-2-3-5-13(12)23(18,21)22/h2-9,14H,1H3. The van der Waals surface area contributed by atoms with Gasteiger partial charge in [-0.1, -0.05) is 29.8 Å². The Kier molecular flexibility index (Phi) is 3.74. The van der Waals surface area contributed by atoms with Gasteiger partial charge < -0.3 is 0 Å². The first-order valence-electron chi connectivity index (χ1n) is 6.75. The van der Waals surface area contributed by atoms with Gasteiger partial charge in [0, 0.05) is 17.6 Å². The zero-order valence-corrected chi connectivity index (χ0v) is 13.6. The van der Waals surface area contributed by atoms with Gasteiger partial charge in [-0.15, -0.1) is 0 Å². The van der Waals surface area contributed by atoms with E-state index in [1.54, 1.807) is 24.3 Å². The van der Waals surface area contributed by atoms with Crippen molar-refractivity contribution in [2.45, 2.75) is 10.8 Å². The van der Waals surface area contributed by atoms with Gasteiger partial charge in [0.05, 0.1) is 4.90 Å². The number of Topliss-reactive ketones (excluding diaryl/α,β-unsaturated/α-hetero) is 1. The number of likely N-dealkylation sites (N-methyl/N-ethyl adjacent to an activating group) is 1. The zero-order chi connectivity index (χ0) is 16.8. The lowest BCUT2D eigenvalue weighted by molar-refractivity contribution is -0.126. The lowest BCUT2D eigenvalue weighted by atomic mass is 9.89. The third-order valence-electron chi connectivity index (χ3n) is 3.82. The van der Waals surface area contributed by atoms with E-state index >= 15 is 0 Å². The lowest BCUT2D eigenvalue weighted by Crippen LogP contribution is -2.44. The van der Waals surface area contributed by atoms with Crippen LogP contribution in [-0.4, -0.2) is 31.5 Å². The van der Waals surface area contributed by atoms with E-state index in [4.69, 9.17) is 11.6 Å². The molecule has 1 unspecified atom stereocenters. The predicted molar refractivity (Wildman–Crippen MR) is 84.9 cm³/mol. The number of hydrogen-bond acceptors (Lipinski definition) is 4. The number of fused-ring (bicyclic) bond motifs is 1. The summed E-state index contributed by atoms with van der Waals surface area (Å²) in [6.45, 7) is 0. The van der Waals surface area contributed by atoms with E-state index < -0.39 is 27.6 Å². The molecule has 23 heavy (non-hydrogen) atoms. The molecular weight excluding hydrogens is 338 g/mol. The summed E-state index contributed by atoms with van der Waals surface area (Å²) in [4.78, 5) is 25.2. The molecule has 2 aromatic rings. The van der Waals surface area contributed by atoms with Crippen LogP contribution in [0.1, 0.15) is 21.8 Å². The van der Waals surface area contributed by atoms with Crippen molar-refractivity contribution < 1.29 is 18.0 Å². The molecule has 1 amide bonds. The fraction of sp³-hybridized carbons (Fsp3) is 0.125. The van der Waals surface area contributed by atoms with Crippen LogP contribution in [0.25, 0.3) is 0 Å². The van der Waals surface area contributed by atoms with E-state index in [2.05, 4.69) is 0 Å². The maximum atomic E-state index is 12.8. The van der Waals surface area contributed by atoms with Crippen molar-refractivity contribution in [2.75, 3.05) is 7.05 Å². The molecule has 5 nitrogen and oxygen atoms in total. The Morgan fingerprint density at radius 2 is 1.70 bits per heavy atom. The van der Waals surface area contributed by atoms with Gasteiger partial charge in [0.2, 0.25) is 0 Å². The number of hydrogen-bond donors (Lipinski definition) is 0. The predicted octanol–water partition coefficient (Wildman–Crippen LogP) is 2.47. The van der Waals surface area contributed by atoms with E-state index in [1.165, 1.54) is 24.3 Å². The van der Waals surface area contributed by atoms with Crippen molar-refractivity contribution in [1.29, 1.82) is 0 Å². The average Bonchev–Trinajstić information content (AvgIpc) is 2.54. The van der Waals surface area contributed by atoms with Gasteiger partial charge in [-0.25, -0.2) is 12.7 Å². The Hall–Kier alpha value is -2.18. The molecule has 1 aliphatic rings. The summed E-state index contributed by atoms with van der Waals surface area (Å²) in [6, 6.07) is 12.2. The number of carbonyl (C=O) groups is 2. The molecule has 1 atom stereocenters. The Morgan fingerprint density at radius 3 is 2.35 bits per heavy atom. The summed E-state index contributed by atoms with van der Waals surface area (Å²) >= 11 is 5.81. The zero-order valence-electron chi connectivity index (χ0n) is 12.1. The van der Waals surface area contributed by atoms with Gasteiger partial charge in [0.25, 0.3) is 15.9 Å². The maximum Gasteiger partial charge on any atom is 0.266 e. The van der Waals surface area contributed by atoms with Crippen molar-refractivity contribution in [3.63, 3.8) is 0 Å². The third-order valence-corrected chi connectivity index (χ3v) is 5.90. The number of halogens is 1. The number of ketones is 1. The minimum Gasteiger partial charge on any atom is -0.293 e. The fourth-order valence-electron chi connectivity index (χ4n) is 2.57. The maximum absolute atomic E-state index is 12.8. The molecule has 0 spiro atoms. The smallest absolute Gasteiger partial charge is 0.266 e. The molecule has 1 heterocycles. The molecule has 2 aromatic carbocycles. The monoisotopic (exact) mass is 349 g/mol. The molecule has 0 aromatic heterocycles. The number of benzene rings is 2. The highest BCUT2D eigenvalue weighted by atomic mass is 35.5. The number of nitrogens with zero attached hydrogens (tertiary/aromatic N) is 1. The van der Waals surface area contributed by atoms with Crippen molar-refractivity contribution in [2.24, 2.45) is 0 Å². The van der Waals surface area contributed by atoms with Crippen LogP contribution in [0.4, 0.5) is 0 Å². The molecule has 1 aliphatic heterocycles. The molecule has 3 rings (SSSR count). The summed E-state index contributed by atoms with van der Waals surface area (Å²) in [5, 5.41) is 0.469. The van der Waals surface area contributed by atoms with Gasteiger partial charge in [-0.05, 0) is 35.9 Å². The van der Waals surface area contributed by atoms with Gasteiger partial charge in [0.1, 0.15) is 5.92 Å². The van der Waals surface area contributed by atoms with Crippen molar-refractivity contribution in [1.82, 2.24) is 4.31 Å². The highest BCUT2D eigenvalue weighted by Gasteiger charge is 2.44. The Bertz CT molecular complexity index is 906. The first-order valence-corrected chi connectivity index (χ1v) is 8.57. The van der Waals surface area contributed by atoms with Gasteiger partial charge in [-0.2, -0.15) is 0 Å². The van der Waals surface area contributed by atoms with Gasteiger partial charge >= 0.3 is 0 Å². The second kappa shape index (κ2) is 5.47. The molecule has 0 saturated heterocycles. The van der Waals surface area contributed by atoms with Crippen LogP contribution in [0, 0.1) is 0 Å². The summed E-state index contributed by atoms with van der Waals surface area (Å²) in [5.41, 5.74) is 0.505. The van der Waals surface area contributed by atoms with Crippen molar-refractivity contribution in [3.8, 4) is 0 Å². The van der Waals surface area contributed by atoms with Crippen LogP contribution in [0.3, 0.4) is 0 Å². The van der Waals surface area contributed by atoms with Crippen molar-refractivity contribution >= 4 is 33.3 Å². The van der Waals surface area contributed by atoms with Crippen LogP contribution < -0.4 is 0 Å². The minimum absolute atomic E-state index is 0.0191. The summed E-state index contributed by atoms with van der Waals surface area (Å²) < 4.78 is 25.3. The molecule has 0 radical (unpaired) electrons. The summed E-state index contributed by atoms with van der Waals surface area (Å²) in [7, 11) is -2.75. The van der Waals surface area contributed by atoms with Crippen LogP contribution in [0.2, 0.25) is 5.02 Å². The molecule has 0 fully saturated rings. The second-order valence-corrected chi connectivity index (χ2v) is 7.53. The van der Waals surface area contributed by atoms with Gasteiger partial charge in [0.15, 0.2) is 5.78 Å². The van der Waals surface area contributed by atoms with Crippen LogP contribution >= 0.6 is 11.6 Å². The number of rotatable bonds is 2. The molecule has 0 saturated carbocycles. The second-order valence-electron chi connectivity index (χ2n) is 5.15. The molecule has 118 valence electrons. The fourth-order valence-corrected chi connectivity index (χ4v) is 4.07. The largest absolute Gasteiger partial charge is 0.293 e. The van der Waals surface area contributed by atoms with Crippen LogP contribution in [-0.2, 0) is 14.8 Å². The molecular formula is C16H12ClNO4S. The molecule has 0 aliphatic carbocycles. The normalized spacial score (nSPS) is 19.3. The highest BCUT2D eigenvalue weighted by molar-refractivity contribution is 7.89. The average molecular weight is 350 g/mol. The highest BCUT2D eigenvalue weighted by Crippen LogP contribution is 2.35. The molecule has 7 heteroatoms. The molecule has 0 N–H and O–H groups in total. The number of amides is 1. The summed E-state index contributed by atoms with van der Waals surface area (Å²) in [5.74, 6) is -2.40. The Morgan fingerprint density at radius 1 is 1.09 bits per heavy atom. The van der Waals surface area contributed by atoms with E-state index in [1.807, 2.05) is 0 Å². The van der Waals surface area contributed by atoms with Crippen molar-refractivity contribution in [3.05, 3.63) is 64.7 Å². The Labute approximate surface area is 138 Å². The Balaban J connectivity index is 2.17. The van der Waals surface area contributed by atoms with Gasteiger partial charge in [-0.3, -0.25) is 9.59 Å². The first-order chi connectivity index (χ1) is 10.8.